The van der Waals surface area contributed by atoms with E-state index in [1.54, 1.807) is 7.05 Å². The summed E-state index contributed by atoms with van der Waals surface area (Å²) in [6.45, 7) is 4.26. The number of benzene rings is 1. The number of halogens is 2. The molecule has 2 aliphatic rings. The zero-order chi connectivity index (χ0) is 19.2. The monoisotopic (exact) mass is 519 g/mol. The van der Waals surface area contributed by atoms with Gasteiger partial charge in [-0.15, -0.1) is 24.0 Å². The SMILES string of the molecule is CN=C(NCCN1C(=O)CCCC1=O)N1CCN(c2ccccc2Cl)CC1.I. The molecule has 9 heteroatoms. The summed E-state index contributed by atoms with van der Waals surface area (Å²) in [5.74, 6) is 0.651. The van der Waals surface area contributed by atoms with Crippen molar-refractivity contribution < 1.29 is 9.59 Å². The summed E-state index contributed by atoms with van der Waals surface area (Å²) in [5.41, 5.74) is 1.06. The fourth-order valence-electron chi connectivity index (χ4n) is 3.53. The molecule has 0 bridgehead atoms. The molecule has 1 aromatic carbocycles. The molecule has 0 unspecified atom stereocenters. The first kappa shape index (κ1) is 22.7. The molecule has 0 aliphatic carbocycles. The van der Waals surface area contributed by atoms with Crippen LogP contribution in [0.5, 0.6) is 0 Å². The average Bonchev–Trinajstić information content (AvgIpc) is 2.68. The van der Waals surface area contributed by atoms with E-state index in [1.165, 1.54) is 4.90 Å². The van der Waals surface area contributed by atoms with Gasteiger partial charge in [-0.2, -0.15) is 0 Å². The lowest BCUT2D eigenvalue weighted by Gasteiger charge is -2.38. The number of likely N-dealkylation sites (tertiary alicyclic amines) is 1. The van der Waals surface area contributed by atoms with E-state index in [0.717, 1.165) is 42.8 Å². The fraction of sp³-hybridized carbons (Fsp3) is 0.526. The van der Waals surface area contributed by atoms with Crippen molar-refractivity contribution >= 4 is 59.0 Å². The maximum absolute atomic E-state index is 11.9. The Kier molecular flexibility index (Phi) is 8.81. The van der Waals surface area contributed by atoms with E-state index in [1.807, 2.05) is 24.3 Å². The fourth-order valence-corrected chi connectivity index (χ4v) is 3.78. The molecule has 0 spiro atoms. The summed E-state index contributed by atoms with van der Waals surface area (Å²) in [7, 11) is 1.75. The molecule has 28 heavy (non-hydrogen) atoms. The van der Waals surface area contributed by atoms with Crippen LogP contribution >= 0.6 is 35.6 Å². The van der Waals surface area contributed by atoms with Crippen LogP contribution in [-0.4, -0.2) is 73.9 Å². The van der Waals surface area contributed by atoms with Crippen LogP contribution in [0.2, 0.25) is 5.02 Å². The third-order valence-corrected chi connectivity index (χ3v) is 5.31. The van der Waals surface area contributed by atoms with Crippen molar-refractivity contribution in [3.8, 4) is 0 Å². The number of hydrogen-bond donors (Lipinski definition) is 1. The first-order valence-electron chi connectivity index (χ1n) is 9.38. The van der Waals surface area contributed by atoms with Gasteiger partial charge in [0.25, 0.3) is 0 Å². The van der Waals surface area contributed by atoms with E-state index in [-0.39, 0.29) is 35.8 Å². The summed E-state index contributed by atoms with van der Waals surface area (Å²) in [5, 5.41) is 4.05. The predicted molar refractivity (Wildman–Crippen MR) is 123 cm³/mol. The highest BCUT2D eigenvalue weighted by atomic mass is 127. The van der Waals surface area contributed by atoms with Crippen LogP contribution in [-0.2, 0) is 9.59 Å². The molecule has 0 aromatic heterocycles. The number of hydrogen-bond acceptors (Lipinski definition) is 4. The normalized spacial score (nSPS) is 18.2. The molecule has 2 saturated heterocycles. The number of imide groups is 1. The first-order chi connectivity index (χ1) is 13.1. The average molecular weight is 520 g/mol. The number of piperidine rings is 1. The minimum Gasteiger partial charge on any atom is -0.367 e. The van der Waals surface area contributed by atoms with Gasteiger partial charge in [0, 0.05) is 59.2 Å². The number of aliphatic imine (C=N–C) groups is 1. The van der Waals surface area contributed by atoms with E-state index in [4.69, 9.17) is 11.6 Å². The van der Waals surface area contributed by atoms with E-state index < -0.39 is 0 Å². The third-order valence-electron chi connectivity index (χ3n) is 4.99. The second-order valence-electron chi connectivity index (χ2n) is 6.69. The molecular weight excluding hydrogens is 493 g/mol. The van der Waals surface area contributed by atoms with E-state index >= 15 is 0 Å². The van der Waals surface area contributed by atoms with E-state index in [9.17, 15) is 9.59 Å². The number of guanidine groups is 1. The van der Waals surface area contributed by atoms with Gasteiger partial charge in [0.2, 0.25) is 11.8 Å². The number of nitrogens with zero attached hydrogens (tertiary/aromatic N) is 4. The molecule has 2 heterocycles. The third kappa shape index (κ3) is 5.50. The summed E-state index contributed by atoms with van der Waals surface area (Å²) in [6, 6.07) is 7.88. The predicted octanol–water partition coefficient (Wildman–Crippen LogP) is 2.19. The molecule has 0 radical (unpaired) electrons. The largest absolute Gasteiger partial charge is 0.367 e. The summed E-state index contributed by atoms with van der Waals surface area (Å²) < 4.78 is 0. The highest BCUT2D eigenvalue weighted by Crippen LogP contribution is 2.26. The van der Waals surface area contributed by atoms with Gasteiger partial charge in [-0.3, -0.25) is 19.5 Å². The van der Waals surface area contributed by atoms with Crippen LogP contribution in [0.4, 0.5) is 5.69 Å². The van der Waals surface area contributed by atoms with Gasteiger partial charge in [0.1, 0.15) is 0 Å². The van der Waals surface area contributed by atoms with Gasteiger partial charge < -0.3 is 15.1 Å². The van der Waals surface area contributed by atoms with E-state index in [0.29, 0.717) is 32.4 Å². The molecule has 3 rings (SSSR count). The maximum atomic E-state index is 11.9. The molecule has 1 aromatic rings. The van der Waals surface area contributed by atoms with Crippen LogP contribution in [0, 0.1) is 0 Å². The Balaban J connectivity index is 0.00000280. The van der Waals surface area contributed by atoms with Gasteiger partial charge >= 0.3 is 0 Å². The molecular formula is C19H27ClIN5O2. The van der Waals surface area contributed by atoms with Gasteiger partial charge in [0.05, 0.1) is 10.7 Å². The number of para-hydroxylation sites is 1. The molecule has 7 nitrogen and oxygen atoms in total. The maximum Gasteiger partial charge on any atom is 0.229 e. The molecule has 2 amide bonds. The Labute approximate surface area is 188 Å². The van der Waals surface area contributed by atoms with Gasteiger partial charge in [-0.05, 0) is 18.6 Å². The van der Waals surface area contributed by atoms with E-state index in [2.05, 4.69) is 20.1 Å². The second kappa shape index (κ2) is 10.8. The number of piperazine rings is 1. The number of carbonyl (C=O) groups is 2. The van der Waals surface area contributed by atoms with Crippen LogP contribution in [0.25, 0.3) is 0 Å². The Morgan fingerprint density at radius 3 is 2.36 bits per heavy atom. The van der Waals surface area contributed by atoms with Crippen LogP contribution < -0.4 is 10.2 Å². The molecule has 154 valence electrons. The summed E-state index contributed by atoms with van der Waals surface area (Å²) >= 11 is 6.30. The smallest absolute Gasteiger partial charge is 0.229 e. The highest BCUT2D eigenvalue weighted by molar-refractivity contribution is 14.0. The quantitative estimate of drug-likeness (QED) is 0.286. The van der Waals surface area contributed by atoms with Crippen molar-refractivity contribution in [3.63, 3.8) is 0 Å². The zero-order valence-electron chi connectivity index (χ0n) is 16.1. The Morgan fingerprint density at radius 2 is 1.75 bits per heavy atom. The first-order valence-corrected chi connectivity index (χ1v) is 9.76. The Morgan fingerprint density at radius 1 is 1.11 bits per heavy atom. The molecule has 2 fully saturated rings. The number of nitrogens with one attached hydrogen (secondary N) is 1. The van der Waals surface area contributed by atoms with Crippen molar-refractivity contribution in [2.24, 2.45) is 4.99 Å². The van der Waals surface area contributed by atoms with Gasteiger partial charge in [-0.1, -0.05) is 23.7 Å². The number of carbonyl (C=O) groups excluding carboxylic acids is 2. The topological polar surface area (TPSA) is 68.2 Å². The van der Waals surface area contributed by atoms with Crippen molar-refractivity contribution in [1.82, 2.24) is 15.1 Å². The van der Waals surface area contributed by atoms with Crippen LogP contribution in [0.3, 0.4) is 0 Å². The Bertz CT molecular complexity index is 706. The van der Waals surface area contributed by atoms with Crippen molar-refractivity contribution in [2.75, 3.05) is 51.2 Å². The van der Waals surface area contributed by atoms with Crippen molar-refractivity contribution in [2.45, 2.75) is 19.3 Å². The Hall–Kier alpha value is -1.55. The molecule has 2 aliphatic heterocycles. The number of rotatable bonds is 4. The standard InChI is InChI=1S/C19H26ClN5O2.HI/c1-21-19(22-9-10-25-17(26)7-4-8-18(25)27)24-13-11-23(12-14-24)16-6-3-2-5-15(16)20;/h2-3,5-6H,4,7-14H2,1H3,(H,21,22);1H. The number of amides is 2. The lowest BCUT2D eigenvalue weighted by molar-refractivity contribution is -0.147. The van der Waals surface area contributed by atoms with Gasteiger partial charge in [0.15, 0.2) is 5.96 Å². The van der Waals surface area contributed by atoms with Crippen molar-refractivity contribution in [3.05, 3.63) is 29.3 Å². The van der Waals surface area contributed by atoms with Crippen molar-refractivity contribution in [1.29, 1.82) is 0 Å². The summed E-state index contributed by atoms with van der Waals surface area (Å²) in [4.78, 5) is 33.9. The minimum atomic E-state index is -0.0728. The molecule has 0 atom stereocenters. The highest BCUT2D eigenvalue weighted by Gasteiger charge is 2.26. The lowest BCUT2D eigenvalue weighted by Crippen LogP contribution is -2.54. The van der Waals surface area contributed by atoms with Crippen LogP contribution in [0.1, 0.15) is 19.3 Å². The summed E-state index contributed by atoms with van der Waals surface area (Å²) in [6.07, 6.45) is 1.59. The molecule has 0 saturated carbocycles. The minimum absolute atomic E-state index is 0. The zero-order valence-corrected chi connectivity index (χ0v) is 19.2. The number of anilines is 1. The lowest BCUT2D eigenvalue weighted by atomic mass is 10.1. The van der Waals surface area contributed by atoms with Crippen LogP contribution in [0.15, 0.2) is 29.3 Å². The second-order valence-corrected chi connectivity index (χ2v) is 7.10. The van der Waals surface area contributed by atoms with Gasteiger partial charge in [-0.25, -0.2) is 0 Å². The molecule has 1 N–H and O–H groups in total.